The summed E-state index contributed by atoms with van der Waals surface area (Å²) in [6.45, 7) is 5.34. The molecule has 0 saturated heterocycles. The maximum Gasteiger partial charge on any atom is 0.407 e. The van der Waals surface area contributed by atoms with Gasteiger partial charge in [-0.1, -0.05) is 6.42 Å². The van der Waals surface area contributed by atoms with E-state index >= 15 is 0 Å². The lowest BCUT2D eigenvalue weighted by atomic mass is 9.96. The Kier molecular flexibility index (Phi) is 8.19. The number of amides is 2. The Morgan fingerprint density at radius 2 is 2.14 bits per heavy atom. The molecule has 28 heavy (non-hydrogen) atoms. The fourth-order valence-corrected chi connectivity index (χ4v) is 3.22. The van der Waals surface area contributed by atoms with Crippen LogP contribution < -0.4 is 16.8 Å². The normalized spacial score (nSPS) is 15.9. The third-order valence-electron chi connectivity index (χ3n) is 4.56. The lowest BCUT2D eigenvalue weighted by molar-refractivity contribution is 0.100. The minimum atomic E-state index is -0.501. The molecule has 1 aromatic heterocycles. The van der Waals surface area contributed by atoms with Crippen LogP contribution in [0.1, 0.15) is 59.4 Å². The fourth-order valence-electron chi connectivity index (χ4n) is 3.22. The Bertz CT molecular complexity index is 731. The van der Waals surface area contributed by atoms with Crippen molar-refractivity contribution in [2.75, 3.05) is 26.4 Å². The van der Waals surface area contributed by atoms with Crippen LogP contribution in [0.25, 0.3) is 0 Å². The molecule has 1 aliphatic carbocycles. The highest BCUT2D eigenvalue weighted by Crippen LogP contribution is 2.31. The Balaban J connectivity index is 2.09. The van der Waals surface area contributed by atoms with Gasteiger partial charge in [0.1, 0.15) is 6.61 Å². The number of fused-ring (bicyclic) bond motifs is 1. The number of alkyl carbamates (subject to hydrolysis) is 1. The molecule has 1 atom stereocenters. The number of aromatic nitrogens is 1. The molecule has 2 rings (SSSR count). The largest absolute Gasteiger partial charge is 0.449 e. The summed E-state index contributed by atoms with van der Waals surface area (Å²) in [5, 5.41) is 2.66. The average molecular weight is 391 g/mol. The topological polar surface area (TPSA) is 142 Å². The predicted molar refractivity (Wildman–Crippen MR) is 105 cm³/mol. The van der Waals surface area contributed by atoms with E-state index in [9.17, 15) is 9.59 Å². The first kappa shape index (κ1) is 21.6. The summed E-state index contributed by atoms with van der Waals surface area (Å²) in [5.41, 5.74) is 13.4. The summed E-state index contributed by atoms with van der Waals surface area (Å²) < 4.78 is 10.6. The van der Waals surface area contributed by atoms with Gasteiger partial charge in [-0.2, -0.15) is 4.99 Å². The first-order valence-corrected chi connectivity index (χ1v) is 9.55. The average Bonchev–Trinajstić information content (AvgIpc) is 2.84. The second-order valence-corrected chi connectivity index (χ2v) is 6.67. The van der Waals surface area contributed by atoms with E-state index in [-0.39, 0.29) is 18.5 Å². The lowest BCUT2D eigenvalue weighted by Gasteiger charge is -2.18. The van der Waals surface area contributed by atoms with E-state index in [1.807, 2.05) is 13.0 Å². The zero-order valence-corrected chi connectivity index (χ0v) is 16.5. The number of nitrogens with zero attached hydrogens (tertiary/aromatic N) is 2. The molecular formula is C19H29N5O4. The minimum absolute atomic E-state index is 0.0129. The molecule has 0 aliphatic heterocycles. The molecular weight excluding hydrogens is 362 g/mol. The number of hydrogen-bond donors (Lipinski definition) is 3. The Hall–Kier alpha value is -2.68. The van der Waals surface area contributed by atoms with Crippen LogP contribution >= 0.6 is 0 Å². The van der Waals surface area contributed by atoms with Crippen LogP contribution in [0, 0.1) is 6.92 Å². The number of hydrogen-bond acceptors (Lipinski definition) is 5. The molecule has 1 aromatic rings. The van der Waals surface area contributed by atoms with Crippen molar-refractivity contribution < 1.29 is 19.1 Å². The summed E-state index contributed by atoms with van der Waals surface area (Å²) in [6, 6.07) is 1.81. The third kappa shape index (κ3) is 6.19. The second kappa shape index (κ2) is 10.6. The van der Waals surface area contributed by atoms with Gasteiger partial charge < -0.3 is 26.3 Å². The minimum Gasteiger partial charge on any atom is -0.449 e. The van der Waals surface area contributed by atoms with Crippen LogP contribution in [0.3, 0.4) is 0 Å². The van der Waals surface area contributed by atoms with Crippen molar-refractivity contribution in [1.29, 1.82) is 0 Å². The van der Waals surface area contributed by atoms with Crippen molar-refractivity contribution in [3.63, 3.8) is 0 Å². The van der Waals surface area contributed by atoms with Crippen LogP contribution in [-0.2, 0) is 15.9 Å². The summed E-state index contributed by atoms with van der Waals surface area (Å²) in [6.07, 6.45) is 3.17. The molecule has 2 amide bonds. The number of carbonyl (C=O) groups is 2. The van der Waals surface area contributed by atoms with Gasteiger partial charge in [-0.15, -0.1) is 0 Å². The van der Waals surface area contributed by atoms with Gasteiger partial charge in [0.05, 0.1) is 23.6 Å². The number of aliphatic imine (C=N–C) groups is 1. The molecule has 0 spiro atoms. The third-order valence-corrected chi connectivity index (χ3v) is 4.56. The van der Waals surface area contributed by atoms with Crippen molar-refractivity contribution in [3.8, 4) is 0 Å². The van der Waals surface area contributed by atoms with E-state index in [0.717, 1.165) is 36.9 Å². The van der Waals surface area contributed by atoms with Gasteiger partial charge in [-0.3, -0.25) is 9.78 Å². The Morgan fingerprint density at radius 1 is 1.36 bits per heavy atom. The van der Waals surface area contributed by atoms with Gasteiger partial charge >= 0.3 is 6.09 Å². The lowest BCUT2D eigenvalue weighted by Crippen LogP contribution is -2.29. The highest BCUT2D eigenvalue weighted by atomic mass is 16.5. The summed E-state index contributed by atoms with van der Waals surface area (Å²) in [7, 11) is 0. The molecule has 5 N–H and O–H groups in total. The number of guanidine groups is 1. The summed E-state index contributed by atoms with van der Waals surface area (Å²) in [4.78, 5) is 32.3. The smallest absolute Gasteiger partial charge is 0.407 e. The van der Waals surface area contributed by atoms with Crippen LogP contribution in [0.15, 0.2) is 11.1 Å². The first-order chi connectivity index (χ1) is 13.4. The monoisotopic (exact) mass is 391 g/mol. The zero-order chi connectivity index (χ0) is 20.5. The van der Waals surface area contributed by atoms with Crippen molar-refractivity contribution in [2.24, 2.45) is 16.5 Å². The molecule has 1 heterocycles. The van der Waals surface area contributed by atoms with Crippen LogP contribution in [-0.4, -0.2) is 49.3 Å². The molecule has 0 fully saturated rings. The van der Waals surface area contributed by atoms with Gasteiger partial charge in [0.25, 0.3) is 5.91 Å². The van der Waals surface area contributed by atoms with E-state index < -0.39 is 12.0 Å². The van der Waals surface area contributed by atoms with Gasteiger partial charge in [-0.25, -0.2) is 4.79 Å². The van der Waals surface area contributed by atoms with Crippen molar-refractivity contribution in [1.82, 2.24) is 10.3 Å². The number of nitrogens with two attached hydrogens (primary N) is 2. The van der Waals surface area contributed by atoms with E-state index in [2.05, 4.69) is 15.3 Å². The quantitative estimate of drug-likeness (QED) is 0.276. The fraction of sp³-hybridized carbons (Fsp3) is 0.579. The summed E-state index contributed by atoms with van der Waals surface area (Å²) in [5.74, 6) is -0.791. The van der Waals surface area contributed by atoms with E-state index in [0.29, 0.717) is 31.0 Å². The predicted octanol–water partition coefficient (Wildman–Crippen LogP) is 1.38. The van der Waals surface area contributed by atoms with Gasteiger partial charge in [0.2, 0.25) is 0 Å². The molecule has 0 aromatic carbocycles. The van der Waals surface area contributed by atoms with Crippen LogP contribution in [0.5, 0.6) is 0 Å². The van der Waals surface area contributed by atoms with Gasteiger partial charge in [0, 0.05) is 19.1 Å². The van der Waals surface area contributed by atoms with E-state index in [1.54, 1.807) is 6.92 Å². The van der Waals surface area contributed by atoms with E-state index in [4.69, 9.17) is 20.9 Å². The molecule has 1 unspecified atom stereocenters. The standard InChI is InChI=1S/C19H29N5O4/c1-3-27-9-8-22-19(26)28-11-14-7-5-4-6-13-10-15(12(2)23-16(13)14)17(25)24-18(20)21/h10,14H,3-9,11H2,1-2H3,(H,22,26)(H4,20,21,24,25). The SMILES string of the molecule is CCOCCNC(=O)OCC1CCCCc2cc(C(=O)N=C(N)N)c(C)nc21. The number of ether oxygens (including phenoxy) is 2. The highest BCUT2D eigenvalue weighted by Gasteiger charge is 2.24. The molecule has 0 saturated carbocycles. The number of pyridine rings is 1. The number of carbonyl (C=O) groups excluding carboxylic acids is 2. The zero-order valence-electron chi connectivity index (χ0n) is 16.5. The van der Waals surface area contributed by atoms with Gasteiger partial charge in [-0.05, 0) is 44.7 Å². The molecule has 9 nitrogen and oxygen atoms in total. The maximum absolute atomic E-state index is 12.2. The molecule has 0 bridgehead atoms. The van der Waals surface area contributed by atoms with Crippen LogP contribution in [0.2, 0.25) is 0 Å². The molecule has 154 valence electrons. The first-order valence-electron chi connectivity index (χ1n) is 9.55. The van der Waals surface area contributed by atoms with Crippen molar-refractivity contribution in [2.45, 2.75) is 45.4 Å². The molecule has 1 aliphatic rings. The highest BCUT2D eigenvalue weighted by molar-refractivity contribution is 6.02. The molecule has 0 radical (unpaired) electrons. The second-order valence-electron chi connectivity index (χ2n) is 6.67. The number of aryl methyl sites for hydroxylation is 2. The number of nitrogens with one attached hydrogen (secondary N) is 1. The summed E-state index contributed by atoms with van der Waals surface area (Å²) >= 11 is 0. The van der Waals surface area contributed by atoms with Crippen molar-refractivity contribution in [3.05, 3.63) is 28.6 Å². The number of rotatable bonds is 7. The maximum atomic E-state index is 12.2. The Morgan fingerprint density at radius 3 is 2.86 bits per heavy atom. The Labute approximate surface area is 164 Å². The molecule has 9 heteroatoms. The van der Waals surface area contributed by atoms with E-state index in [1.165, 1.54) is 0 Å². The van der Waals surface area contributed by atoms with Gasteiger partial charge in [0.15, 0.2) is 5.96 Å². The van der Waals surface area contributed by atoms with Crippen molar-refractivity contribution >= 4 is 18.0 Å². The van der Waals surface area contributed by atoms with Crippen LogP contribution in [0.4, 0.5) is 4.79 Å².